The Bertz CT molecular complexity index is 433. The van der Waals surface area contributed by atoms with Crippen LogP contribution in [0.25, 0.3) is 0 Å². The molecule has 0 aliphatic heterocycles. The quantitative estimate of drug-likeness (QED) is 0.683. The van der Waals surface area contributed by atoms with Crippen LogP contribution in [0.4, 0.5) is 0 Å². The van der Waals surface area contributed by atoms with Crippen LogP contribution in [0.1, 0.15) is 70.4 Å². The number of fused-ring (bicyclic) bond motifs is 1. The molecule has 0 bridgehead atoms. The zero-order valence-corrected chi connectivity index (χ0v) is 14.4. The Kier molecular flexibility index (Phi) is 5.87. The summed E-state index contributed by atoms with van der Waals surface area (Å²) in [5.74, 6) is 1.52. The molecule has 1 N–H and O–H groups in total. The monoisotopic (exact) mass is 287 g/mol. The van der Waals surface area contributed by atoms with Gasteiger partial charge in [0, 0.05) is 0 Å². The Morgan fingerprint density at radius 3 is 2.76 bits per heavy atom. The Morgan fingerprint density at radius 2 is 2.00 bits per heavy atom. The Labute approximate surface area is 131 Å². The topological polar surface area (TPSA) is 12.0 Å². The molecule has 0 saturated carbocycles. The van der Waals surface area contributed by atoms with E-state index in [1.54, 1.807) is 11.1 Å². The van der Waals surface area contributed by atoms with E-state index in [1.165, 1.54) is 32.1 Å². The van der Waals surface area contributed by atoms with Gasteiger partial charge in [-0.2, -0.15) is 0 Å². The van der Waals surface area contributed by atoms with Gasteiger partial charge in [0.05, 0.1) is 0 Å². The van der Waals surface area contributed by atoms with Crippen molar-refractivity contribution in [2.24, 2.45) is 11.3 Å². The molecule has 2 rings (SSSR count). The molecule has 1 unspecified atom stereocenters. The van der Waals surface area contributed by atoms with Crippen molar-refractivity contribution in [3.8, 4) is 0 Å². The molecular formula is C20H33N. The van der Waals surface area contributed by atoms with Crippen molar-refractivity contribution in [1.82, 2.24) is 5.32 Å². The van der Waals surface area contributed by atoms with E-state index in [0.29, 0.717) is 5.41 Å². The predicted octanol–water partition coefficient (Wildman–Crippen LogP) is 5.16. The molecule has 0 radical (unpaired) electrons. The minimum atomic E-state index is 0.430. The molecular weight excluding hydrogens is 254 g/mol. The summed E-state index contributed by atoms with van der Waals surface area (Å²) in [7, 11) is 0. The highest BCUT2D eigenvalue weighted by Crippen LogP contribution is 2.40. The Morgan fingerprint density at radius 1 is 1.24 bits per heavy atom. The third kappa shape index (κ3) is 5.14. The molecule has 1 nitrogen and oxygen atoms in total. The fourth-order valence-corrected chi connectivity index (χ4v) is 3.65. The Balaban J connectivity index is 1.88. The van der Waals surface area contributed by atoms with E-state index in [9.17, 15) is 0 Å². The summed E-state index contributed by atoms with van der Waals surface area (Å²) >= 11 is 0. The maximum Gasteiger partial charge on any atom is -0.00258 e. The SMILES string of the molecule is CC(C)CNCCC(C)(C)CC1CCCc2ccccc21. The van der Waals surface area contributed by atoms with Gasteiger partial charge in [0.2, 0.25) is 0 Å². The third-order valence-corrected chi connectivity index (χ3v) is 4.82. The third-order valence-electron chi connectivity index (χ3n) is 4.82. The van der Waals surface area contributed by atoms with Crippen LogP contribution in [-0.2, 0) is 6.42 Å². The largest absolute Gasteiger partial charge is 0.316 e. The second-order valence-corrected chi connectivity index (χ2v) is 8.00. The number of nitrogens with one attached hydrogen (secondary N) is 1. The molecule has 0 saturated heterocycles. The molecule has 1 aromatic rings. The highest BCUT2D eigenvalue weighted by molar-refractivity contribution is 5.32. The van der Waals surface area contributed by atoms with Crippen molar-refractivity contribution in [3.05, 3.63) is 35.4 Å². The fourth-order valence-electron chi connectivity index (χ4n) is 3.65. The van der Waals surface area contributed by atoms with E-state index in [2.05, 4.69) is 57.3 Å². The van der Waals surface area contributed by atoms with Crippen molar-refractivity contribution < 1.29 is 0 Å². The highest BCUT2D eigenvalue weighted by Gasteiger charge is 2.27. The number of aryl methyl sites for hydroxylation is 1. The smallest absolute Gasteiger partial charge is 0.00258 e. The van der Waals surface area contributed by atoms with Crippen LogP contribution in [0.2, 0.25) is 0 Å². The molecule has 0 heterocycles. The summed E-state index contributed by atoms with van der Waals surface area (Å²) in [5, 5.41) is 3.60. The van der Waals surface area contributed by atoms with E-state index in [-0.39, 0.29) is 0 Å². The van der Waals surface area contributed by atoms with Gasteiger partial charge in [0.25, 0.3) is 0 Å². The predicted molar refractivity (Wildman–Crippen MR) is 92.8 cm³/mol. The van der Waals surface area contributed by atoms with Gasteiger partial charge in [0.1, 0.15) is 0 Å². The summed E-state index contributed by atoms with van der Waals surface area (Å²) in [5.41, 5.74) is 3.66. The second kappa shape index (κ2) is 7.45. The zero-order chi connectivity index (χ0) is 15.3. The van der Waals surface area contributed by atoms with Gasteiger partial charge >= 0.3 is 0 Å². The lowest BCUT2D eigenvalue weighted by Crippen LogP contribution is -2.27. The molecule has 0 amide bonds. The molecule has 1 atom stereocenters. The molecule has 1 aliphatic rings. The first-order chi connectivity index (χ1) is 9.98. The summed E-state index contributed by atoms with van der Waals surface area (Å²) in [6.45, 7) is 11.7. The van der Waals surface area contributed by atoms with Gasteiger partial charge < -0.3 is 5.32 Å². The molecule has 1 aromatic carbocycles. The van der Waals surface area contributed by atoms with Gasteiger partial charge in [-0.1, -0.05) is 52.0 Å². The van der Waals surface area contributed by atoms with Gasteiger partial charge in [-0.15, -0.1) is 0 Å². The normalized spacial score (nSPS) is 18.8. The van der Waals surface area contributed by atoms with Gasteiger partial charge in [-0.3, -0.25) is 0 Å². The number of hydrogen-bond donors (Lipinski definition) is 1. The van der Waals surface area contributed by atoms with Crippen molar-refractivity contribution >= 4 is 0 Å². The summed E-state index contributed by atoms with van der Waals surface area (Å²) in [4.78, 5) is 0. The van der Waals surface area contributed by atoms with Gasteiger partial charge in [-0.05, 0) is 73.6 Å². The first-order valence-corrected chi connectivity index (χ1v) is 8.76. The highest BCUT2D eigenvalue weighted by atomic mass is 14.9. The molecule has 1 aliphatic carbocycles. The summed E-state index contributed by atoms with van der Waals surface area (Å²) < 4.78 is 0. The first kappa shape index (κ1) is 16.5. The van der Waals surface area contributed by atoms with E-state index in [0.717, 1.165) is 24.9 Å². The molecule has 0 aromatic heterocycles. The van der Waals surface area contributed by atoms with E-state index in [1.807, 2.05) is 0 Å². The lowest BCUT2D eigenvalue weighted by atomic mass is 9.72. The van der Waals surface area contributed by atoms with Gasteiger partial charge in [-0.25, -0.2) is 0 Å². The first-order valence-electron chi connectivity index (χ1n) is 8.76. The maximum absolute atomic E-state index is 3.60. The number of rotatable bonds is 7. The van der Waals surface area contributed by atoms with Crippen LogP contribution >= 0.6 is 0 Å². The minimum absolute atomic E-state index is 0.430. The lowest BCUT2D eigenvalue weighted by molar-refractivity contribution is 0.264. The van der Waals surface area contributed by atoms with Crippen LogP contribution in [0.3, 0.4) is 0 Å². The van der Waals surface area contributed by atoms with Crippen LogP contribution in [0, 0.1) is 11.3 Å². The summed E-state index contributed by atoms with van der Waals surface area (Å²) in [6, 6.07) is 9.11. The van der Waals surface area contributed by atoms with Crippen LogP contribution in [0.15, 0.2) is 24.3 Å². The maximum atomic E-state index is 3.60. The van der Waals surface area contributed by atoms with Crippen LogP contribution in [-0.4, -0.2) is 13.1 Å². The van der Waals surface area contributed by atoms with E-state index < -0.39 is 0 Å². The van der Waals surface area contributed by atoms with Crippen molar-refractivity contribution in [2.45, 2.75) is 65.7 Å². The van der Waals surface area contributed by atoms with Crippen LogP contribution in [0.5, 0.6) is 0 Å². The zero-order valence-electron chi connectivity index (χ0n) is 14.4. The summed E-state index contributed by atoms with van der Waals surface area (Å²) in [6.07, 6.45) is 6.62. The number of hydrogen-bond acceptors (Lipinski definition) is 1. The van der Waals surface area contributed by atoms with E-state index >= 15 is 0 Å². The molecule has 0 fully saturated rings. The standard InChI is InChI=1S/C20H33N/c1-16(2)15-21-13-12-20(3,4)14-18-10-7-9-17-8-5-6-11-19(17)18/h5-6,8,11,16,18,21H,7,9-10,12-15H2,1-4H3. The van der Waals surface area contributed by atoms with Gasteiger partial charge in [0.15, 0.2) is 0 Å². The fraction of sp³-hybridized carbons (Fsp3) is 0.700. The average molecular weight is 287 g/mol. The lowest BCUT2D eigenvalue weighted by Gasteiger charge is -2.33. The number of benzene rings is 1. The Hall–Kier alpha value is -0.820. The average Bonchev–Trinajstić information content (AvgIpc) is 2.44. The second-order valence-electron chi connectivity index (χ2n) is 8.00. The minimum Gasteiger partial charge on any atom is -0.316 e. The van der Waals surface area contributed by atoms with Crippen molar-refractivity contribution in [2.75, 3.05) is 13.1 Å². The van der Waals surface area contributed by atoms with Crippen molar-refractivity contribution in [3.63, 3.8) is 0 Å². The molecule has 1 heteroatoms. The molecule has 118 valence electrons. The molecule has 21 heavy (non-hydrogen) atoms. The van der Waals surface area contributed by atoms with Crippen LogP contribution < -0.4 is 5.32 Å². The molecule has 0 spiro atoms. The van der Waals surface area contributed by atoms with Crippen molar-refractivity contribution in [1.29, 1.82) is 0 Å². The van der Waals surface area contributed by atoms with E-state index in [4.69, 9.17) is 0 Å².